The van der Waals surface area contributed by atoms with Crippen molar-refractivity contribution in [1.82, 2.24) is 20.1 Å². The largest absolute Gasteiger partial charge is 0.496 e. The monoisotopic (exact) mass is 402 g/mol. The zero-order valence-electron chi connectivity index (χ0n) is 17.1. The lowest BCUT2D eigenvalue weighted by molar-refractivity contribution is -0.125. The fourth-order valence-corrected chi connectivity index (χ4v) is 4.56. The molecule has 1 N–H and O–H groups in total. The van der Waals surface area contributed by atoms with E-state index >= 15 is 0 Å². The molecule has 0 bridgehead atoms. The first-order chi connectivity index (χ1) is 13.5. The number of amides is 1. The number of aromatic nitrogens is 1. The fourth-order valence-electron chi connectivity index (χ4n) is 3.68. The van der Waals surface area contributed by atoms with E-state index in [-0.39, 0.29) is 11.8 Å². The molecule has 0 spiro atoms. The molecule has 2 aromatic rings. The minimum Gasteiger partial charge on any atom is -0.496 e. The van der Waals surface area contributed by atoms with Crippen LogP contribution in [0.4, 0.5) is 0 Å². The van der Waals surface area contributed by atoms with Gasteiger partial charge in [-0.3, -0.25) is 4.79 Å². The number of likely N-dealkylation sites (N-methyl/N-ethyl adjacent to an activating group) is 2. The molecule has 0 radical (unpaired) electrons. The number of nitrogens with one attached hydrogen (secondary N) is 1. The number of rotatable bonds is 6. The Morgan fingerprint density at radius 2 is 2.11 bits per heavy atom. The number of benzene rings is 1. The number of nitrogens with zero attached hydrogens (tertiary/aromatic N) is 3. The van der Waals surface area contributed by atoms with Gasteiger partial charge in [-0.2, -0.15) is 0 Å². The van der Waals surface area contributed by atoms with E-state index in [4.69, 9.17) is 4.74 Å². The van der Waals surface area contributed by atoms with E-state index < -0.39 is 0 Å². The van der Waals surface area contributed by atoms with E-state index in [1.165, 1.54) is 0 Å². The van der Waals surface area contributed by atoms with Crippen LogP contribution in [0.1, 0.15) is 17.7 Å². The Hall–Kier alpha value is -1.96. The van der Waals surface area contributed by atoms with Crippen molar-refractivity contribution < 1.29 is 9.53 Å². The van der Waals surface area contributed by atoms with Crippen LogP contribution in [0.3, 0.4) is 0 Å². The van der Waals surface area contributed by atoms with Gasteiger partial charge in [0.15, 0.2) is 0 Å². The van der Waals surface area contributed by atoms with Gasteiger partial charge in [0, 0.05) is 30.2 Å². The van der Waals surface area contributed by atoms with Gasteiger partial charge in [-0.25, -0.2) is 4.98 Å². The molecule has 1 saturated heterocycles. The average molecular weight is 403 g/mol. The number of carbonyl (C=O) groups excluding carboxylic acids is 1. The summed E-state index contributed by atoms with van der Waals surface area (Å²) < 4.78 is 5.42. The van der Waals surface area contributed by atoms with Crippen molar-refractivity contribution in [2.45, 2.75) is 25.4 Å². The minimum absolute atomic E-state index is 0.0385. The van der Waals surface area contributed by atoms with Crippen molar-refractivity contribution in [3.05, 3.63) is 35.3 Å². The molecule has 0 saturated carbocycles. The van der Waals surface area contributed by atoms with E-state index in [1.807, 2.05) is 30.5 Å². The van der Waals surface area contributed by atoms with Crippen LogP contribution in [0.15, 0.2) is 30.5 Å². The SMILES string of the molecule is COc1ccccc1-c1ncc(CNC(=O)[C@@H]2CC[C@H](N(C)C)CN(C)C2)s1. The number of likely N-dealkylation sites (tertiary alicyclic amines) is 1. The van der Waals surface area contributed by atoms with Crippen LogP contribution in [0.2, 0.25) is 0 Å². The number of hydrogen-bond donors (Lipinski definition) is 1. The van der Waals surface area contributed by atoms with Crippen LogP contribution in [0.5, 0.6) is 5.75 Å². The second-order valence-electron chi connectivity index (χ2n) is 7.66. The summed E-state index contributed by atoms with van der Waals surface area (Å²) >= 11 is 1.59. The third-order valence-electron chi connectivity index (χ3n) is 5.33. The van der Waals surface area contributed by atoms with Gasteiger partial charge in [-0.1, -0.05) is 12.1 Å². The van der Waals surface area contributed by atoms with Crippen molar-refractivity contribution in [2.24, 2.45) is 5.92 Å². The summed E-state index contributed by atoms with van der Waals surface area (Å²) in [6, 6.07) is 8.36. The molecule has 0 unspecified atom stereocenters. The molecule has 1 aliphatic heterocycles. The van der Waals surface area contributed by atoms with E-state index in [0.717, 1.165) is 47.1 Å². The Morgan fingerprint density at radius 3 is 2.86 bits per heavy atom. The second-order valence-corrected chi connectivity index (χ2v) is 8.78. The molecule has 2 atom stereocenters. The molecule has 1 aromatic carbocycles. The highest BCUT2D eigenvalue weighted by Gasteiger charge is 2.27. The van der Waals surface area contributed by atoms with Gasteiger partial charge in [0.05, 0.1) is 25.1 Å². The highest BCUT2D eigenvalue weighted by molar-refractivity contribution is 7.15. The summed E-state index contributed by atoms with van der Waals surface area (Å²) in [6.07, 6.45) is 3.82. The van der Waals surface area contributed by atoms with E-state index in [9.17, 15) is 4.79 Å². The molecule has 6 nitrogen and oxygen atoms in total. The summed E-state index contributed by atoms with van der Waals surface area (Å²) in [4.78, 5) is 22.8. The van der Waals surface area contributed by atoms with E-state index in [1.54, 1.807) is 18.4 Å². The number of thiazole rings is 1. The van der Waals surface area contributed by atoms with Gasteiger partial charge in [0.2, 0.25) is 5.91 Å². The summed E-state index contributed by atoms with van der Waals surface area (Å²) in [6.45, 7) is 2.34. The average Bonchev–Trinajstić information content (AvgIpc) is 3.07. The zero-order valence-corrected chi connectivity index (χ0v) is 18.0. The number of ether oxygens (including phenoxy) is 1. The predicted octanol–water partition coefficient (Wildman–Crippen LogP) is 2.71. The molecular formula is C21H30N4O2S. The maximum atomic E-state index is 12.7. The van der Waals surface area contributed by atoms with Crippen molar-refractivity contribution in [2.75, 3.05) is 41.3 Å². The van der Waals surface area contributed by atoms with Crippen molar-refractivity contribution in [3.63, 3.8) is 0 Å². The first kappa shape index (κ1) is 20.8. The van der Waals surface area contributed by atoms with Crippen LogP contribution in [0, 0.1) is 5.92 Å². The van der Waals surface area contributed by atoms with Crippen molar-refractivity contribution in [1.29, 1.82) is 0 Å². The summed E-state index contributed by atoms with van der Waals surface area (Å²) in [7, 11) is 7.99. The minimum atomic E-state index is 0.0385. The Kier molecular flexibility index (Phi) is 7.04. The van der Waals surface area contributed by atoms with E-state index in [2.05, 4.69) is 41.2 Å². The van der Waals surface area contributed by atoms with E-state index in [0.29, 0.717) is 12.6 Å². The van der Waals surface area contributed by atoms with Crippen molar-refractivity contribution >= 4 is 17.2 Å². The molecule has 1 aromatic heterocycles. The van der Waals surface area contributed by atoms with Crippen LogP contribution in [-0.2, 0) is 11.3 Å². The molecular weight excluding hydrogens is 372 g/mol. The molecule has 1 aliphatic rings. The third kappa shape index (κ3) is 5.10. The molecule has 152 valence electrons. The van der Waals surface area contributed by atoms with Gasteiger partial charge in [-0.15, -0.1) is 11.3 Å². The van der Waals surface area contributed by atoms with Gasteiger partial charge in [0.1, 0.15) is 10.8 Å². The van der Waals surface area contributed by atoms with Crippen LogP contribution < -0.4 is 10.1 Å². The number of hydrogen-bond acceptors (Lipinski definition) is 6. The molecule has 0 aliphatic carbocycles. The topological polar surface area (TPSA) is 57.7 Å². The Labute approximate surface area is 171 Å². The quantitative estimate of drug-likeness (QED) is 0.805. The Balaban J connectivity index is 1.59. The summed E-state index contributed by atoms with van der Waals surface area (Å²) in [5.74, 6) is 0.986. The first-order valence-corrected chi connectivity index (χ1v) is 10.5. The standard InChI is InChI=1S/C21H30N4O2S/c1-24(2)16-10-9-15(13-25(3)14-16)20(26)22-11-17-12-23-21(28-17)18-7-5-6-8-19(18)27-4/h5-8,12,15-16H,9-11,13-14H2,1-4H3,(H,22,26)/t15-,16+/m1/s1. The Morgan fingerprint density at radius 1 is 1.32 bits per heavy atom. The lowest BCUT2D eigenvalue weighted by atomic mass is 10.0. The van der Waals surface area contributed by atoms with Crippen LogP contribution >= 0.6 is 11.3 Å². The maximum Gasteiger partial charge on any atom is 0.224 e. The van der Waals surface area contributed by atoms with Gasteiger partial charge in [-0.05, 0) is 46.1 Å². The summed E-state index contributed by atoms with van der Waals surface area (Å²) in [5, 5.41) is 4.02. The van der Waals surface area contributed by atoms with Gasteiger partial charge in [0.25, 0.3) is 0 Å². The smallest absolute Gasteiger partial charge is 0.224 e. The molecule has 28 heavy (non-hydrogen) atoms. The van der Waals surface area contributed by atoms with Crippen molar-refractivity contribution in [3.8, 4) is 16.3 Å². The number of methoxy groups -OCH3 is 1. The normalized spacial score (nSPS) is 20.8. The predicted molar refractivity (Wildman–Crippen MR) is 114 cm³/mol. The zero-order chi connectivity index (χ0) is 20.1. The third-order valence-corrected chi connectivity index (χ3v) is 6.36. The van der Waals surface area contributed by atoms with Crippen LogP contribution in [0.25, 0.3) is 10.6 Å². The molecule has 2 heterocycles. The molecule has 3 rings (SSSR count). The molecule has 1 fully saturated rings. The second kappa shape index (κ2) is 9.49. The van der Waals surface area contributed by atoms with Gasteiger partial charge < -0.3 is 19.9 Å². The Bertz CT molecular complexity index is 792. The fraction of sp³-hybridized carbons (Fsp3) is 0.524. The summed E-state index contributed by atoms with van der Waals surface area (Å²) in [5.41, 5.74) is 0.979. The first-order valence-electron chi connectivity index (χ1n) is 9.68. The molecule has 1 amide bonds. The van der Waals surface area contributed by atoms with Gasteiger partial charge >= 0.3 is 0 Å². The lowest BCUT2D eigenvalue weighted by Crippen LogP contribution is -2.39. The van der Waals surface area contributed by atoms with Crippen LogP contribution in [-0.4, -0.2) is 68.1 Å². The highest BCUT2D eigenvalue weighted by Crippen LogP contribution is 2.32. The maximum absolute atomic E-state index is 12.7. The number of para-hydroxylation sites is 1. The highest BCUT2D eigenvalue weighted by atomic mass is 32.1. The number of carbonyl (C=O) groups is 1. The molecule has 7 heteroatoms. The lowest BCUT2D eigenvalue weighted by Gasteiger charge is -2.25.